The minimum atomic E-state index is 0.562. The second-order valence-electron chi connectivity index (χ2n) is 3.56. The molecule has 0 aliphatic rings. The van der Waals surface area contributed by atoms with Crippen molar-refractivity contribution >= 4 is 11.6 Å². The molecule has 0 spiro atoms. The lowest BCUT2D eigenvalue weighted by atomic mass is 10.2. The summed E-state index contributed by atoms with van der Waals surface area (Å²) in [6.07, 6.45) is 7.57. The van der Waals surface area contributed by atoms with Crippen molar-refractivity contribution in [1.29, 1.82) is 0 Å². The van der Waals surface area contributed by atoms with E-state index in [0.29, 0.717) is 5.15 Å². The average molecular weight is 249 g/mol. The van der Waals surface area contributed by atoms with E-state index in [2.05, 4.69) is 29.9 Å². The van der Waals surface area contributed by atoms with Crippen molar-refractivity contribution in [3.8, 4) is 0 Å². The van der Waals surface area contributed by atoms with E-state index in [1.807, 2.05) is 18.3 Å². The number of pyridine rings is 2. The largest absolute Gasteiger partial charge is 0.264 e. The van der Waals surface area contributed by atoms with Gasteiger partial charge in [0, 0.05) is 18.6 Å². The Bertz CT molecular complexity index is 412. The first kappa shape index (κ1) is 13.7. The van der Waals surface area contributed by atoms with Gasteiger partial charge in [-0.2, -0.15) is 0 Å². The first-order valence-corrected chi connectivity index (χ1v) is 6.13. The quantitative estimate of drug-likeness (QED) is 0.753. The van der Waals surface area contributed by atoms with Crippen LogP contribution < -0.4 is 0 Å². The summed E-state index contributed by atoms with van der Waals surface area (Å²) < 4.78 is 0. The first-order chi connectivity index (χ1) is 8.26. The molecule has 0 fully saturated rings. The molecule has 0 atom stereocenters. The lowest BCUT2D eigenvalue weighted by Crippen LogP contribution is -1.80. The maximum Gasteiger partial charge on any atom is 0.129 e. The third-order valence-electron chi connectivity index (χ3n) is 2.33. The maximum atomic E-state index is 5.56. The molecule has 2 rings (SSSR count). The van der Waals surface area contributed by atoms with Crippen molar-refractivity contribution in [1.82, 2.24) is 9.97 Å². The van der Waals surface area contributed by atoms with Crippen molar-refractivity contribution in [2.75, 3.05) is 0 Å². The minimum Gasteiger partial charge on any atom is -0.264 e. The van der Waals surface area contributed by atoms with Gasteiger partial charge in [-0.3, -0.25) is 4.98 Å². The van der Waals surface area contributed by atoms with Crippen molar-refractivity contribution < 1.29 is 0 Å². The molecule has 2 aromatic rings. The van der Waals surface area contributed by atoms with Crippen LogP contribution in [-0.4, -0.2) is 9.97 Å². The van der Waals surface area contributed by atoms with Gasteiger partial charge in [0.15, 0.2) is 0 Å². The monoisotopic (exact) mass is 248 g/mol. The third-order valence-corrected chi connectivity index (χ3v) is 2.55. The van der Waals surface area contributed by atoms with Gasteiger partial charge in [-0.1, -0.05) is 37.6 Å². The van der Waals surface area contributed by atoms with Crippen LogP contribution in [0.5, 0.6) is 0 Å². The summed E-state index contributed by atoms with van der Waals surface area (Å²) in [5, 5.41) is 0.562. The Morgan fingerprint density at radius 3 is 2.12 bits per heavy atom. The van der Waals surface area contributed by atoms with Gasteiger partial charge < -0.3 is 0 Å². The zero-order valence-corrected chi connectivity index (χ0v) is 11.0. The summed E-state index contributed by atoms with van der Waals surface area (Å²) in [6, 6.07) is 7.82. The van der Waals surface area contributed by atoms with Crippen molar-refractivity contribution in [3.63, 3.8) is 0 Å². The molecule has 3 heteroatoms. The molecule has 90 valence electrons. The van der Waals surface area contributed by atoms with Crippen LogP contribution in [0.4, 0.5) is 0 Å². The van der Waals surface area contributed by atoms with E-state index in [-0.39, 0.29) is 0 Å². The van der Waals surface area contributed by atoms with Gasteiger partial charge in [0.05, 0.1) is 0 Å². The van der Waals surface area contributed by atoms with Crippen molar-refractivity contribution in [2.45, 2.75) is 26.7 Å². The van der Waals surface area contributed by atoms with Crippen LogP contribution in [0.1, 0.15) is 25.0 Å². The fraction of sp³-hybridized carbons (Fsp3) is 0.286. The Balaban J connectivity index is 0.000000171. The molecule has 0 radical (unpaired) electrons. The van der Waals surface area contributed by atoms with Gasteiger partial charge in [0.25, 0.3) is 0 Å². The molecule has 0 aromatic carbocycles. The van der Waals surface area contributed by atoms with Crippen LogP contribution in [-0.2, 0) is 12.8 Å². The maximum absolute atomic E-state index is 5.56. The summed E-state index contributed by atoms with van der Waals surface area (Å²) in [7, 11) is 0. The summed E-state index contributed by atoms with van der Waals surface area (Å²) in [5.74, 6) is 0. The second-order valence-corrected chi connectivity index (χ2v) is 3.94. The Morgan fingerprint density at radius 1 is 1.00 bits per heavy atom. The van der Waals surface area contributed by atoms with E-state index < -0.39 is 0 Å². The first-order valence-electron chi connectivity index (χ1n) is 5.75. The van der Waals surface area contributed by atoms with Gasteiger partial charge >= 0.3 is 0 Å². The number of aromatic nitrogens is 2. The molecule has 0 amide bonds. The summed E-state index contributed by atoms with van der Waals surface area (Å²) in [5.41, 5.74) is 2.52. The number of aryl methyl sites for hydroxylation is 2. The molecule has 0 aliphatic carbocycles. The molecule has 0 N–H and O–H groups in total. The molecule has 0 saturated heterocycles. The predicted octanol–water partition coefficient (Wildman–Crippen LogP) is 3.94. The van der Waals surface area contributed by atoms with E-state index >= 15 is 0 Å². The third kappa shape index (κ3) is 5.45. The molecular formula is C14H17ClN2. The van der Waals surface area contributed by atoms with E-state index in [0.717, 1.165) is 12.8 Å². The second kappa shape index (κ2) is 7.80. The van der Waals surface area contributed by atoms with Crippen LogP contribution in [0.3, 0.4) is 0 Å². The van der Waals surface area contributed by atoms with Crippen LogP contribution in [0.25, 0.3) is 0 Å². The molecule has 17 heavy (non-hydrogen) atoms. The van der Waals surface area contributed by atoms with Crippen LogP contribution >= 0.6 is 11.6 Å². The van der Waals surface area contributed by atoms with Crippen LogP contribution in [0, 0.1) is 0 Å². The SMILES string of the molecule is CCc1ccc(Cl)nc1.CCc1cccnc1. The number of hydrogen-bond donors (Lipinski definition) is 0. The lowest BCUT2D eigenvalue weighted by Gasteiger charge is -1.92. The molecule has 2 nitrogen and oxygen atoms in total. The Labute approximate surface area is 108 Å². The Morgan fingerprint density at radius 2 is 1.71 bits per heavy atom. The number of halogens is 1. The topological polar surface area (TPSA) is 25.8 Å². The fourth-order valence-corrected chi connectivity index (χ4v) is 1.33. The molecule has 0 unspecified atom stereocenters. The minimum absolute atomic E-state index is 0.562. The highest BCUT2D eigenvalue weighted by Crippen LogP contribution is 2.04. The number of nitrogens with zero attached hydrogens (tertiary/aromatic N) is 2. The molecule has 0 aliphatic heterocycles. The zero-order valence-electron chi connectivity index (χ0n) is 10.2. The zero-order chi connectivity index (χ0) is 12.5. The summed E-state index contributed by atoms with van der Waals surface area (Å²) in [4.78, 5) is 7.87. The normalized spacial score (nSPS) is 9.35. The van der Waals surface area contributed by atoms with E-state index in [1.165, 1.54) is 11.1 Å². The van der Waals surface area contributed by atoms with Crippen molar-refractivity contribution in [2.24, 2.45) is 0 Å². The highest BCUT2D eigenvalue weighted by atomic mass is 35.5. The van der Waals surface area contributed by atoms with Crippen LogP contribution in [0.15, 0.2) is 42.9 Å². The van der Waals surface area contributed by atoms with Crippen LogP contribution in [0.2, 0.25) is 5.15 Å². The smallest absolute Gasteiger partial charge is 0.129 e. The standard InChI is InChI=1S/C7H8ClN.C7H9N/c1-2-6-3-4-7(8)9-5-6;1-2-7-4-3-5-8-6-7/h3-5H,2H2,1H3;3-6H,2H2,1H3. The molecular weight excluding hydrogens is 232 g/mol. The molecule has 0 bridgehead atoms. The van der Waals surface area contributed by atoms with Gasteiger partial charge in [-0.25, -0.2) is 4.98 Å². The van der Waals surface area contributed by atoms with Gasteiger partial charge in [-0.15, -0.1) is 0 Å². The lowest BCUT2D eigenvalue weighted by molar-refractivity contribution is 1.10. The molecule has 0 saturated carbocycles. The van der Waals surface area contributed by atoms with E-state index in [4.69, 9.17) is 11.6 Å². The average Bonchev–Trinajstić information content (AvgIpc) is 2.41. The number of rotatable bonds is 2. The molecule has 2 aromatic heterocycles. The fourth-order valence-electron chi connectivity index (χ4n) is 1.22. The summed E-state index contributed by atoms with van der Waals surface area (Å²) >= 11 is 5.56. The number of hydrogen-bond acceptors (Lipinski definition) is 2. The van der Waals surface area contributed by atoms with Crippen molar-refractivity contribution in [3.05, 3.63) is 59.1 Å². The van der Waals surface area contributed by atoms with Gasteiger partial charge in [0.1, 0.15) is 5.15 Å². The molecule has 2 heterocycles. The van der Waals surface area contributed by atoms with E-state index in [9.17, 15) is 0 Å². The van der Waals surface area contributed by atoms with Gasteiger partial charge in [-0.05, 0) is 36.1 Å². The van der Waals surface area contributed by atoms with Gasteiger partial charge in [0.2, 0.25) is 0 Å². The highest BCUT2D eigenvalue weighted by Gasteiger charge is 1.87. The Kier molecular flexibility index (Phi) is 6.26. The van der Waals surface area contributed by atoms with E-state index in [1.54, 1.807) is 18.5 Å². The Hall–Kier alpha value is -1.41. The summed E-state index contributed by atoms with van der Waals surface area (Å²) in [6.45, 7) is 4.21. The highest BCUT2D eigenvalue weighted by molar-refractivity contribution is 6.29. The predicted molar refractivity (Wildman–Crippen MR) is 72.2 cm³/mol.